The minimum absolute atomic E-state index is 0.0921. The van der Waals surface area contributed by atoms with Gasteiger partial charge in [0.05, 0.1) is 11.3 Å². The van der Waals surface area contributed by atoms with Crippen molar-refractivity contribution in [2.45, 2.75) is 19.8 Å². The molecule has 2 rings (SSSR count). The molecule has 0 aliphatic rings. The van der Waals surface area contributed by atoms with Crippen molar-refractivity contribution >= 4 is 34.8 Å². The molecule has 0 atom stereocenters. The van der Waals surface area contributed by atoms with Gasteiger partial charge in [-0.05, 0) is 36.8 Å². The molecule has 0 heterocycles. The fourth-order valence-corrected chi connectivity index (χ4v) is 2.24. The van der Waals surface area contributed by atoms with Crippen LogP contribution in [-0.4, -0.2) is 29.3 Å². The molecular formula is C19H19N3O6. The third-order valence-corrected chi connectivity index (χ3v) is 3.58. The van der Waals surface area contributed by atoms with Crippen molar-refractivity contribution in [2.24, 2.45) is 0 Å². The molecule has 0 saturated carbocycles. The molecule has 0 aliphatic carbocycles. The minimum atomic E-state index is -0.682. The fourth-order valence-electron chi connectivity index (χ4n) is 2.24. The molecule has 0 aliphatic heterocycles. The Morgan fingerprint density at radius 1 is 0.964 bits per heavy atom. The van der Waals surface area contributed by atoms with Crippen LogP contribution in [0.1, 0.15) is 18.4 Å². The van der Waals surface area contributed by atoms with E-state index in [0.717, 1.165) is 5.56 Å². The predicted octanol–water partition coefficient (Wildman–Crippen LogP) is 2.80. The Balaban J connectivity index is 1.69. The first-order valence-electron chi connectivity index (χ1n) is 8.40. The van der Waals surface area contributed by atoms with Gasteiger partial charge < -0.3 is 15.4 Å². The number of benzene rings is 2. The van der Waals surface area contributed by atoms with Gasteiger partial charge in [0.1, 0.15) is 0 Å². The lowest BCUT2D eigenvalue weighted by molar-refractivity contribution is -0.384. The van der Waals surface area contributed by atoms with Gasteiger partial charge >= 0.3 is 5.97 Å². The first-order valence-corrected chi connectivity index (χ1v) is 8.40. The quantitative estimate of drug-likeness (QED) is 0.408. The maximum absolute atomic E-state index is 11.8. The van der Waals surface area contributed by atoms with Crippen LogP contribution in [0.4, 0.5) is 17.1 Å². The van der Waals surface area contributed by atoms with E-state index < -0.39 is 29.3 Å². The van der Waals surface area contributed by atoms with Gasteiger partial charge in [0, 0.05) is 29.9 Å². The lowest BCUT2D eigenvalue weighted by Gasteiger charge is -2.07. The van der Waals surface area contributed by atoms with Crippen molar-refractivity contribution < 1.29 is 24.0 Å². The zero-order chi connectivity index (χ0) is 20.5. The molecule has 2 aromatic rings. The molecule has 2 amide bonds. The molecule has 2 N–H and O–H groups in total. The fraction of sp³-hybridized carbons (Fsp3) is 0.211. The molecular weight excluding hydrogens is 366 g/mol. The number of hydrogen-bond donors (Lipinski definition) is 2. The van der Waals surface area contributed by atoms with Crippen LogP contribution in [0.15, 0.2) is 48.5 Å². The highest BCUT2D eigenvalue weighted by molar-refractivity contribution is 5.94. The summed E-state index contributed by atoms with van der Waals surface area (Å²) in [6.07, 6.45) is -0.341. The van der Waals surface area contributed by atoms with Crippen molar-refractivity contribution in [1.82, 2.24) is 0 Å². The second-order valence-corrected chi connectivity index (χ2v) is 5.93. The number of carbonyl (C=O) groups is 3. The largest absolute Gasteiger partial charge is 0.456 e. The summed E-state index contributed by atoms with van der Waals surface area (Å²) in [6.45, 7) is 1.44. The topological polar surface area (TPSA) is 128 Å². The number of nitro benzene ring substituents is 1. The van der Waals surface area contributed by atoms with Gasteiger partial charge in [-0.3, -0.25) is 24.5 Å². The minimum Gasteiger partial charge on any atom is -0.456 e. The van der Waals surface area contributed by atoms with Gasteiger partial charge in [0.15, 0.2) is 6.61 Å². The van der Waals surface area contributed by atoms with Gasteiger partial charge in [0.2, 0.25) is 5.91 Å². The molecule has 0 fully saturated rings. The average Bonchev–Trinajstić information content (AvgIpc) is 2.65. The Morgan fingerprint density at radius 2 is 1.64 bits per heavy atom. The molecule has 28 heavy (non-hydrogen) atoms. The number of aryl methyl sites for hydroxylation is 1. The van der Waals surface area contributed by atoms with Crippen LogP contribution >= 0.6 is 0 Å². The molecule has 9 heteroatoms. The molecule has 0 aromatic heterocycles. The number of nitro groups is 1. The smallest absolute Gasteiger partial charge is 0.306 e. The van der Waals surface area contributed by atoms with Crippen LogP contribution in [0.5, 0.6) is 0 Å². The third kappa shape index (κ3) is 6.87. The maximum Gasteiger partial charge on any atom is 0.306 e. The van der Waals surface area contributed by atoms with Gasteiger partial charge in [-0.1, -0.05) is 12.1 Å². The first-order chi connectivity index (χ1) is 13.3. The first kappa shape index (κ1) is 20.6. The maximum atomic E-state index is 11.8. The Labute approximate surface area is 160 Å². The zero-order valence-corrected chi connectivity index (χ0v) is 15.1. The summed E-state index contributed by atoms with van der Waals surface area (Å²) in [4.78, 5) is 45.3. The van der Waals surface area contributed by atoms with E-state index in [1.54, 1.807) is 18.2 Å². The second-order valence-electron chi connectivity index (χ2n) is 5.93. The summed E-state index contributed by atoms with van der Waals surface area (Å²) in [7, 11) is 0. The Morgan fingerprint density at radius 3 is 2.29 bits per heavy atom. The highest BCUT2D eigenvalue weighted by Crippen LogP contribution is 2.15. The van der Waals surface area contributed by atoms with E-state index in [4.69, 9.17) is 4.74 Å². The van der Waals surface area contributed by atoms with Crippen LogP contribution in [0.3, 0.4) is 0 Å². The van der Waals surface area contributed by atoms with Gasteiger partial charge in [-0.15, -0.1) is 0 Å². The Bertz CT molecular complexity index is 879. The number of hydrogen-bond acceptors (Lipinski definition) is 6. The molecule has 0 bridgehead atoms. The highest BCUT2D eigenvalue weighted by atomic mass is 16.6. The van der Waals surface area contributed by atoms with Crippen LogP contribution in [-0.2, 0) is 19.1 Å². The summed E-state index contributed by atoms with van der Waals surface area (Å²) in [6, 6.07) is 12.5. The zero-order valence-electron chi connectivity index (χ0n) is 15.1. The van der Waals surface area contributed by atoms with Crippen LogP contribution < -0.4 is 10.6 Å². The van der Waals surface area contributed by atoms with Crippen molar-refractivity contribution in [2.75, 3.05) is 17.2 Å². The van der Waals surface area contributed by atoms with E-state index in [-0.39, 0.29) is 18.5 Å². The number of nitrogens with zero attached hydrogens (tertiary/aromatic N) is 1. The summed E-state index contributed by atoms with van der Waals surface area (Å²) in [5, 5.41) is 15.7. The van der Waals surface area contributed by atoms with Crippen LogP contribution in [0.2, 0.25) is 0 Å². The monoisotopic (exact) mass is 385 g/mol. The van der Waals surface area contributed by atoms with E-state index >= 15 is 0 Å². The lowest BCUT2D eigenvalue weighted by atomic mass is 10.2. The van der Waals surface area contributed by atoms with E-state index in [1.165, 1.54) is 24.3 Å². The van der Waals surface area contributed by atoms with Crippen LogP contribution in [0, 0.1) is 17.0 Å². The highest BCUT2D eigenvalue weighted by Gasteiger charge is 2.12. The molecule has 146 valence electrons. The standard InChI is InChI=1S/C19H19N3O6/c1-13-3-2-4-15(11-13)21-18(24)12-28-19(25)10-9-17(23)20-14-5-7-16(8-6-14)22(26)27/h2-8,11H,9-10,12H2,1H3,(H,20,23)(H,21,24). The molecule has 2 aromatic carbocycles. The van der Waals surface area contributed by atoms with Gasteiger partial charge in [-0.25, -0.2) is 0 Å². The summed E-state index contributed by atoms with van der Waals surface area (Å²) in [5.41, 5.74) is 1.87. The van der Waals surface area contributed by atoms with E-state index in [1.807, 2.05) is 13.0 Å². The van der Waals surface area contributed by atoms with E-state index in [2.05, 4.69) is 10.6 Å². The SMILES string of the molecule is Cc1cccc(NC(=O)COC(=O)CCC(=O)Nc2ccc([N+](=O)[O-])cc2)c1. The van der Waals surface area contributed by atoms with Crippen molar-refractivity contribution in [3.8, 4) is 0 Å². The molecule has 0 spiro atoms. The Hall–Kier alpha value is -3.75. The molecule has 0 unspecified atom stereocenters. The third-order valence-electron chi connectivity index (χ3n) is 3.58. The van der Waals surface area contributed by atoms with E-state index in [0.29, 0.717) is 11.4 Å². The summed E-state index contributed by atoms with van der Waals surface area (Å²) >= 11 is 0. The number of anilines is 2. The van der Waals surface area contributed by atoms with Crippen molar-refractivity contribution in [3.63, 3.8) is 0 Å². The molecule has 0 radical (unpaired) electrons. The number of rotatable bonds is 8. The van der Waals surface area contributed by atoms with Crippen molar-refractivity contribution in [1.29, 1.82) is 0 Å². The van der Waals surface area contributed by atoms with Crippen molar-refractivity contribution in [3.05, 3.63) is 64.2 Å². The van der Waals surface area contributed by atoms with Gasteiger partial charge in [0.25, 0.3) is 11.6 Å². The number of carbonyl (C=O) groups excluding carboxylic acids is 3. The van der Waals surface area contributed by atoms with Gasteiger partial charge in [-0.2, -0.15) is 0 Å². The van der Waals surface area contributed by atoms with E-state index in [9.17, 15) is 24.5 Å². The normalized spacial score (nSPS) is 10.0. The average molecular weight is 385 g/mol. The number of nitrogens with one attached hydrogen (secondary N) is 2. The Kier molecular flexibility index (Phi) is 7.21. The van der Waals surface area contributed by atoms with Crippen LogP contribution in [0.25, 0.3) is 0 Å². The number of ether oxygens (including phenoxy) is 1. The second kappa shape index (κ2) is 9.81. The summed E-state index contributed by atoms with van der Waals surface area (Å²) < 4.78 is 4.84. The predicted molar refractivity (Wildman–Crippen MR) is 102 cm³/mol. The summed E-state index contributed by atoms with van der Waals surface area (Å²) in [5.74, 6) is -1.61. The lowest BCUT2D eigenvalue weighted by Crippen LogP contribution is -2.21. The number of non-ortho nitro benzene ring substituents is 1. The number of amides is 2. The molecule has 9 nitrogen and oxygen atoms in total. The number of esters is 1. The molecule has 0 saturated heterocycles.